The molecule has 0 unspecified atom stereocenters. The van der Waals surface area contributed by atoms with Gasteiger partial charge in [-0.2, -0.15) is 0 Å². The first-order valence-corrected chi connectivity index (χ1v) is 25.7. The van der Waals surface area contributed by atoms with Crippen LogP contribution in [0.15, 0.2) is 138 Å². The van der Waals surface area contributed by atoms with Gasteiger partial charge in [-0.15, -0.1) is 11.3 Å². The molecule has 5 heteroatoms. The first-order valence-electron chi connectivity index (χ1n) is 24.9. The van der Waals surface area contributed by atoms with E-state index in [2.05, 4.69) is 206 Å². The van der Waals surface area contributed by atoms with E-state index in [1.54, 1.807) is 0 Å². The molecule has 8 aromatic carbocycles. The molecule has 0 amide bonds. The zero-order valence-corrected chi connectivity index (χ0v) is 41.8. The summed E-state index contributed by atoms with van der Waals surface area (Å²) in [4.78, 5) is 2.64. The molecule has 336 valence electrons. The molecule has 1 N–H and O–H groups in total. The number of nitrogens with zero attached hydrogens (tertiary/aromatic N) is 1. The Kier molecular flexibility index (Phi) is 8.85. The summed E-state index contributed by atoms with van der Waals surface area (Å²) in [5.74, 6) is 0. The molecule has 3 nitrogen and oxygen atoms in total. The van der Waals surface area contributed by atoms with Gasteiger partial charge in [0.05, 0.1) is 11.3 Å². The first-order chi connectivity index (χ1) is 32.6. The standard InChI is InChI=1S/C63H59BN2OS/c1-36-29-44-46(62(6,7)27-25-60(44,2)3)34-50(36)66-51-32-39-19-12-13-20-40(39)55(57(51)64-59-58(66)43-33-45-47(35-52(43)67-59)63(8,9)28-26-61(45,4)5)42-30-37-17-10-11-18-38(37)31-49(42)65-48-22-16-24-54-56(48)41-21-14-15-23-53(41)68-54/h10-24,29-35,64-65H,25-28H2,1-9H3. The highest BCUT2D eigenvalue weighted by atomic mass is 32.1. The van der Waals surface area contributed by atoms with E-state index in [1.165, 1.54) is 115 Å². The second-order valence-corrected chi connectivity index (χ2v) is 24.2. The predicted octanol–water partition coefficient (Wildman–Crippen LogP) is 16.7. The number of aryl methyl sites for hydroxylation is 1. The number of furan rings is 1. The van der Waals surface area contributed by atoms with Crippen LogP contribution in [0, 0.1) is 6.92 Å². The molecule has 3 heterocycles. The average Bonchev–Trinajstić information content (AvgIpc) is 3.88. The molecule has 13 rings (SSSR count). The van der Waals surface area contributed by atoms with Crippen molar-refractivity contribution in [3.8, 4) is 11.1 Å². The molecule has 10 aromatic rings. The van der Waals surface area contributed by atoms with Crippen LogP contribution in [0.1, 0.15) is 109 Å². The van der Waals surface area contributed by atoms with Gasteiger partial charge in [-0.25, -0.2) is 0 Å². The molecule has 0 bridgehead atoms. The minimum Gasteiger partial charge on any atom is -0.469 e. The van der Waals surface area contributed by atoms with Gasteiger partial charge in [-0.05, 0) is 169 Å². The molecule has 0 fully saturated rings. The maximum absolute atomic E-state index is 7.38. The van der Waals surface area contributed by atoms with E-state index in [1.807, 2.05) is 11.3 Å². The van der Waals surface area contributed by atoms with Gasteiger partial charge in [-0.3, -0.25) is 0 Å². The quantitative estimate of drug-likeness (QED) is 0.178. The monoisotopic (exact) mass is 902 g/mol. The van der Waals surface area contributed by atoms with E-state index in [4.69, 9.17) is 4.42 Å². The number of hydrogen-bond acceptors (Lipinski definition) is 4. The Morgan fingerprint density at radius 1 is 0.529 bits per heavy atom. The Hall–Kier alpha value is -6.30. The van der Waals surface area contributed by atoms with E-state index in [0.717, 1.165) is 41.9 Å². The first kappa shape index (κ1) is 41.9. The maximum atomic E-state index is 7.38. The zero-order chi connectivity index (χ0) is 46.6. The number of fused-ring (bicyclic) bond motifs is 11. The number of nitrogens with one attached hydrogen (secondary N) is 1. The van der Waals surface area contributed by atoms with Crippen LogP contribution in [0.4, 0.5) is 28.4 Å². The highest BCUT2D eigenvalue weighted by molar-refractivity contribution is 7.26. The maximum Gasteiger partial charge on any atom is 0.244 e. The van der Waals surface area contributed by atoms with Crippen LogP contribution in [0.2, 0.25) is 0 Å². The molecule has 2 aromatic heterocycles. The number of benzene rings is 8. The van der Waals surface area contributed by atoms with Crippen LogP contribution >= 0.6 is 11.3 Å². The molecule has 0 spiro atoms. The summed E-state index contributed by atoms with van der Waals surface area (Å²) in [5.41, 5.74) is 19.0. The minimum absolute atomic E-state index is 0.0404. The van der Waals surface area contributed by atoms with Gasteiger partial charge in [0.25, 0.3) is 0 Å². The van der Waals surface area contributed by atoms with E-state index in [9.17, 15) is 0 Å². The van der Waals surface area contributed by atoms with Gasteiger partial charge in [0.15, 0.2) is 0 Å². The molecule has 68 heavy (non-hydrogen) atoms. The van der Waals surface area contributed by atoms with E-state index in [0.29, 0.717) is 7.28 Å². The third-order valence-corrected chi connectivity index (χ3v) is 18.0. The Bertz CT molecular complexity index is 3790. The lowest BCUT2D eigenvalue weighted by molar-refractivity contribution is 0.332. The molecule has 0 saturated carbocycles. The fraction of sp³-hybridized carbons (Fsp3) is 0.270. The molecular weight excluding hydrogens is 844 g/mol. The van der Waals surface area contributed by atoms with Crippen LogP contribution in [0.5, 0.6) is 0 Å². The van der Waals surface area contributed by atoms with Gasteiger partial charge in [0, 0.05) is 53.9 Å². The van der Waals surface area contributed by atoms with Crippen LogP contribution in [-0.4, -0.2) is 7.28 Å². The lowest BCUT2D eigenvalue weighted by Crippen LogP contribution is -2.40. The van der Waals surface area contributed by atoms with Crippen molar-refractivity contribution < 1.29 is 4.42 Å². The summed E-state index contributed by atoms with van der Waals surface area (Å²) in [6, 6.07) is 50.8. The second-order valence-electron chi connectivity index (χ2n) is 23.1. The molecule has 0 atom stereocenters. The summed E-state index contributed by atoms with van der Waals surface area (Å²) in [5, 5.41) is 12.8. The summed E-state index contributed by atoms with van der Waals surface area (Å²) in [6.07, 6.45) is 4.66. The lowest BCUT2D eigenvalue weighted by atomic mass is 9.60. The molecule has 0 saturated heterocycles. The van der Waals surface area contributed by atoms with Crippen LogP contribution in [0.25, 0.3) is 63.8 Å². The summed E-state index contributed by atoms with van der Waals surface area (Å²) in [6.45, 7) is 21.9. The summed E-state index contributed by atoms with van der Waals surface area (Å²) < 4.78 is 9.97. The number of thiophene rings is 1. The number of rotatable bonds is 4. The normalized spacial score (nSPS) is 17.5. The SMILES string of the molecule is Cc1cc2c(cc1N1c3cc4ccccc4c(-c4cc5ccccc5cc4Nc4cccc5sc6ccccc6c45)c3Bc3oc4cc5c(cc4c31)C(C)(C)CCC5(C)C)C(C)(C)CCC2(C)C. The second kappa shape index (κ2) is 14.4. The van der Waals surface area contributed by atoms with Crippen LogP contribution < -0.4 is 21.3 Å². The summed E-state index contributed by atoms with van der Waals surface area (Å²) in [7, 11) is 0.674. The molecule has 2 aliphatic carbocycles. The smallest absolute Gasteiger partial charge is 0.244 e. The van der Waals surface area contributed by atoms with Gasteiger partial charge in [0.1, 0.15) is 5.58 Å². The fourth-order valence-electron chi connectivity index (χ4n) is 12.7. The van der Waals surface area contributed by atoms with E-state index < -0.39 is 0 Å². The Morgan fingerprint density at radius 3 is 1.84 bits per heavy atom. The third-order valence-electron chi connectivity index (χ3n) is 16.9. The van der Waals surface area contributed by atoms with Crippen molar-refractivity contribution >= 4 is 111 Å². The zero-order valence-electron chi connectivity index (χ0n) is 41.0. The largest absolute Gasteiger partial charge is 0.469 e. The molecular formula is C63H59BN2OS. The van der Waals surface area contributed by atoms with E-state index >= 15 is 0 Å². The number of anilines is 5. The molecule has 3 aliphatic rings. The number of hydrogen-bond donors (Lipinski definition) is 1. The van der Waals surface area contributed by atoms with Crippen molar-refractivity contribution in [2.45, 2.75) is 110 Å². The Morgan fingerprint density at radius 2 is 1.12 bits per heavy atom. The molecule has 0 radical (unpaired) electrons. The van der Waals surface area contributed by atoms with Crippen LogP contribution in [0.3, 0.4) is 0 Å². The van der Waals surface area contributed by atoms with Crippen molar-refractivity contribution in [2.24, 2.45) is 0 Å². The lowest BCUT2D eigenvalue weighted by Gasteiger charge is -2.43. The van der Waals surface area contributed by atoms with Gasteiger partial charge < -0.3 is 14.6 Å². The topological polar surface area (TPSA) is 28.4 Å². The van der Waals surface area contributed by atoms with Crippen molar-refractivity contribution in [1.29, 1.82) is 0 Å². The van der Waals surface area contributed by atoms with Gasteiger partial charge >= 0.3 is 0 Å². The minimum atomic E-state index is 0.0404. The van der Waals surface area contributed by atoms with Crippen LogP contribution in [-0.2, 0) is 21.7 Å². The highest BCUT2D eigenvalue weighted by Crippen LogP contribution is 2.54. The highest BCUT2D eigenvalue weighted by Gasteiger charge is 2.42. The molecule has 1 aliphatic heterocycles. The fourth-order valence-corrected chi connectivity index (χ4v) is 13.8. The van der Waals surface area contributed by atoms with Crippen molar-refractivity contribution in [3.63, 3.8) is 0 Å². The average molecular weight is 903 g/mol. The third kappa shape index (κ3) is 6.16. The Balaban J connectivity index is 1.12. The van der Waals surface area contributed by atoms with Crippen molar-refractivity contribution in [2.75, 3.05) is 10.2 Å². The predicted molar refractivity (Wildman–Crippen MR) is 296 cm³/mol. The Labute approximate surface area is 405 Å². The van der Waals surface area contributed by atoms with Gasteiger partial charge in [0.2, 0.25) is 7.28 Å². The van der Waals surface area contributed by atoms with E-state index in [-0.39, 0.29) is 21.7 Å². The van der Waals surface area contributed by atoms with Crippen molar-refractivity contribution in [1.82, 2.24) is 0 Å². The van der Waals surface area contributed by atoms with Crippen molar-refractivity contribution in [3.05, 3.63) is 161 Å². The van der Waals surface area contributed by atoms with Gasteiger partial charge in [-0.1, -0.05) is 134 Å². The summed E-state index contributed by atoms with van der Waals surface area (Å²) >= 11 is 1.86.